The summed E-state index contributed by atoms with van der Waals surface area (Å²) in [6, 6.07) is 0. The van der Waals surface area contributed by atoms with E-state index in [0.717, 1.165) is 96.3 Å². The average molecular weight is 1060 g/mol. The molecule has 1 atom stereocenters. The number of rotatable bonds is 60. The van der Waals surface area contributed by atoms with Crippen LogP contribution in [-0.2, 0) is 28.6 Å². The van der Waals surface area contributed by atoms with E-state index < -0.39 is 6.10 Å². The second kappa shape index (κ2) is 64.4. The first-order valence-corrected chi connectivity index (χ1v) is 32.9. The number of ether oxygens (including phenoxy) is 3. The highest BCUT2D eigenvalue weighted by atomic mass is 16.6. The number of carbonyl (C=O) groups excluding carboxylic acids is 3. The van der Waals surface area contributed by atoms with Crippen molar-refractivity contribution >= 4 is 17.9 Å². The van der Waals surface area contributed by atoms with Crippen molar-refractivity contribution < 1.29 is 28.6 Å². The molecule has 0 radical (unpaired) electrons. The van der Waals surface area contributed by atoms with Gasteiger partial charge in [0.2, 0.25) is 0 Å². The molecule has 6 nitrogen and oxygen atoms in total. The third-order valence-corrected chi connectivity index (χ3v) is 14.4. The first-order chi connectivity index (χ1) is 37.5. The second-order valence-electron chi connectivity index (χ2n) is 22.0. The molecule has 0 bridgehead atoms. The highest BCUT2D eigenvalue weighted by Gasteiger charge is 2.19. The maximum absolute atomic E-state index is 12.9. The van der Waals surface area contributed by atoms with Crippen LogP contribution in [0.3, 0.4) is 0 Å². The van der Waals surface area contributed by atoms with Crippen molar-refractivity contribution in [3.63, 3.8) is 0 Å². The molecule has 0 fully saturated rings. The molecule has 0 aliphatic rings. The summed E-state index contributed by atoms with van der Waals surface area (Å²) >= 11 is 0. The molecule has 0 aromatic rings. The van der Waals surface area contributed by atoms with E-state index in [2.05, 4.69) is 93.7 Å². The van der Waals surface area contributed by atoms with Gasteiger partial charge in [0.15, 0.2) is 6.10 Å². The molecule has 0 aliphatic carbocycles. The van der Waals surface area contributed by atoms with Gasteiger partial charge in [-0.1, -0.05) is 299 Å². The fraction of sp³-hybridized carbons (Fsp3) is 0.786. The fourth-order valence-corrected chi connectivity index (χ4v) is 9.53. The predicted molar refractivity (Wildman–Crippen MR) is 330 cm³/mol. The van der Waals surface area contributed by atoms with E-state index >= 15 is 0 Å². The van der Waals surface area contributed by atoms with Crippen molar-refractivity contribution in [3.8, 4) is 0 Å². The zero-order chi connectivity index (χ0) is 55.0. The quantitative estimate of drug-likeness (QED) is 0.0261. The summed E-state index contributed by atoms with van der Waals surface area (Å²) in [5, 5.41) is 0. The maximum atomic E-state index is 12.9. The molecule has 0 heterocycles. The van der Waals surface area contributed by atoms with Gasteiger partial charge in [0.25, 0.3) is 0 Å². The highest BCUT2D eigenvalue weighted by molar-refractivity contribution is 5.71. The number of hydrogen-bond acceptors (Lipinski definition) is 6. The predicted octanol–water partition coefficient (Wildman–Crippen LogP) is 22.5. The van der Waals surface area contributed by atoms with Crippen LogP contribution in [0.25, 0.3) is 0 Å². The van der Waals surface area contributed by atoms with Crippen LogP contribution in [0, 0.1) is 0 Å². The normalized spacial score (nSPS) is 12.5. The molecule has 0 rings (SSSR count). The summed E-state index contributed by atoms with van der Waals surface area (Å²) in [4.78, 5) is 38.2. The van der Waals surface area contributed by atoms with Gasteiger partial charge in [-0.05, 0) is 89.9 Å². The number of unbranched alkanes of at least 4 members (excludes halogenated alkanes) is 37. The third-order valence-electron chi connectivity index (χ3n) is 14.4. The van der Waals surface area contributed by atoms with Gasteiger partial charge in [-0.15, -0.1) is 0 Å². The van der Waals surface area contributed by atoms with Crippen LogP contribution < -0.4 is 0 Å². The van der Waals surface area contributed by atoms with Crippen LogP contribution >= 0.6 is 0 Å². The molecule has 0 aliphatic heterocycles. The first-order valence-electron chi connectivity index (χ1n) is 32.9. The van der Waals surface area contributed by atoms with Crippen molar-refractivity contribution in [2.75, 3.05) is 13.2 Å². The second-order valence-corrected chi connectivity index (χ2v) is 22.0. The standard InChI is InChI=1S/C70H124O6/c1-4-7-10-13-16-19-21-23-25-27-29-31-33-35-37-39-41-43-45-47-49-51-54-57-60-63-69(72)75-66-67(65-74-68(71)62-59-56-53-18-15-12-9-6-3)76-70(73)64-61-58-55-52-50-48-46-44-42-40-38-36-34-32-30-28-26-24-22-20-17-14-11-8-5-2/h7,10,16,19,23,25,28-31,35,37,67H,4-6,8-9,11-15,17-18,20-22,24,26-27,32-34,36,38-66H2,1-3H3/b10-7-,19-16-,25-23-,30-28-,31-29-,37-35-. The molecule has 1 unspecified atom stereocenters. The summed E-state index contributed by atoms with van der Waals surface area (Å²) < 4.78 is 16.9. The Morgan fingerprint density at radius 3 is 0.816 bits per heavy atom. The summed E-state index contributed by atoms with van der Waals surface area (Å²) in [6.07, 6.45) is 83.6. The minimum Gasteiger partial charge on any atom is -0.462 e. The lowest BCUT2D eigenvalue weighted by Gasteiger charge is -2.18. The van der Waals surface area contributed by atoms with Gasteiger partial charge in [-0.25, -0.2) is 0 Å². The van der Waals surface area contributed by atoms with Crippen molar-refractivity contribution in [2.24, 2.45) is 0 Å². The van der Waals surface area contributed by atoms with Crippen molar-refractivity contribution in [2.45, 2.75) is 341 Å². The van der Waals surface area contributed by atoms with E-state index in [-0.39, 0.29) is 31.1 Å². The Hall–Kier alpha value is -3.15. The number of esters is 3. The lowest BCUT2D eigenvalue weighted by atomic mass is 10.0. The van der Waals surface area contributed by atoms with Crippen molar-refractivity contribution in [3.05, 3.63) is 72.9 Å². The minimum atomic E-state index is -0.776. The lowest BCUT2D eigenvalue weighted by molar-refractivity contribution is -0.167. The number of carbonyl (C=O) groups is 3. The Morgan fingerprint density at radius 2 is 0.513 bits per heavy atom. The van der Waals surface area contributed by atoms with E-state index in [1.807, 2.05) is 0 Å². The van der Waals surface area contributed by atoms with Crippen LogP contribution in [0.2, 0.25) is 0 Å². The van der Waals surface area contributed by atoms with Crippen LogP contribution in [0.5, 0.6) is 0 Å². The van der Waals surface area contributed by atoms with E-state index in [4.69, 9.17) is 14.2 Å². The van der Waals surface area contributed by atoms with Crippen molar-refractivity contribution in [1.29, 1.82) is 0 Å². The molecule has 6 heteroatoms. The largest absolute Gasteiger partial charge is 0.462 e. The maximum Gasteiger partial charge on any atom is 0.306 e. The lowest BCUT2D eigenvalue weighted by Crippen LogP contribution is -2.30. The smallest absolute Gasteiger partial charge is 0.306 e. The minimum absolute atomic E-state index is 0.0741. The average Bonchev–Trinajstić information content (AvgIpc) is 3.42. The molecular formula is C70H124O6. The zero-order valence-corrected chi connectivity index (χ0v) is 50.5. The van der Waals surface area contributed by atoms with Gasteiger partial charge in [-0.2, -0.15) is 0 Å². The molecule has 0 N–H and O–H groups in total. The highest BCUT2D eigenvalue weighted by Crippen LogP contribution is 2.17. The Balaban J connectivity index is 4.16. The van der Waals surface area contributed by atoms with Crippen molar-refractivity contribution in [1.82, 2.24) is 0 Å². The van der Waals surface area contributed by atoms with Crippen LogP contribution in [0.1, 0.15) is 335 Å². The molecule has 0 saturated heterocycles. The molecule has 0 aromatic carbocycles. The fourth-order valence-electron chi connectivity index (χ4n) is 9.53. The summed E-state index contributed by atoms with van der Waals surface area (Å²) in [5.74, 6) is -0.870. The molecule has 0 spiro atoms. The summed E-state index contributed by atoms with van der Waals surface area (Å²) in [6.45, 7) is 6.53. The van der Waals surface area contributed by atoms with Crippen LogP contribution in [-0.4, -0.2) is 37.2 Å². The Kier molecular flexibility index (Phi) is 61.7. The Bertz CT molecular complexity index is 1400. The summed E-state index contributed by atoms with van der Waals surface area (Å²) in [7, 11) is 0. The van der Waals surface area contributed by atoms with Gasteiger partial charge in [0.05, 0.1) is 0 Å². The van der Waals surface area contributed by atoms with Gasteiger partial charge >= 0.3 is 17.9 Å². The van der Waals surface area contributed by atoms with Crippen LogP contribution in [0.4, 0.5) is 0 Å². The van der Waals surface area contributed by atoms with Gasteiger partial charge in [0.1, 0.15) is 13.2 Å². The van der Waals surface area contributed by atoms with Gasteiger partial charge < -0.3 is 14.2 Å². The van der Waals surface area contributed by atoms with Gasteiger partial charge in [-0.3, -0.25) is 14.4 Å². The molecule has 0 saturated carbocycles. The monoisotopic (exact) mass is 1060 g/mol. The molecule has 440 valence electrons. The Labute approximate surface area is 472 Å². The Morgan fingerprint density at radius 1 is 0.276 bits per heavy atom. The molecule has 76 heavy (non-hydrogen) atoms. The topological polar surface area (TPSA) is 78.9 Å². The SMILES string of the molecule is CC/C=C\C/C=C\C/C=C\C/C=C\C/C=C\CCCCCCCCCCCC(=O)OCC(COC(=O)CCCCCCCCCC)OC(=O)CCCCCCCCCCCCCCC/C=C\CCCCCCCCCC. The first kappa shape index (κ1) is 72.8. The van der Waals surface area contributed by atoms with E-state index in [0.29, 0.717) is 19.3 Å². The molecule has 0 aromatic heterocycles. The van der Waals surface area contributed by atoms with Gasteiger partial charge in [0, 0.05) is 19.3 Å². The third kappa shape index (κ3) is 61.7. The molecule has 0 amide bonds. The van der Waals surface area contributed by atoms with E-state index in [1.165, 1.54) is 199 Å². The van der Waals surface area contributed by atoms with E-state index in [1.54, 1.807) is 0 Å². The zero-order valence-electron chi connectivity index (χ0n) is 50.5. The van der Waals surface area contributed by atoms with E-state index in [9.17, 15) is 14.4 Å². The number of hydrogen-bond donors (Lipinski definition) is 0. The van der Waals surface area contributed by atoms with Crippen LogP contribution in [0.15, 0.2) is 72.9 Å². The molecular weight excluding hydrogens is 937 g/mol. The summed E-state index contributed by atoms with van der Waals surface area (Å²) in [5.41, 5.74) is 0. The number of allylic oxidation sites excluding steroid dienone is 12.